The van der Waals surface area contributed by atoms with Crippen LogP contribution in [0.1, 0.15) is 26.7 Å². The molecule has 64 valence electrons. The smallest absolute Gasteiger partial charge is 0.240 e. The molecule has 11 heavy (non-hydrogen) atoms. The lowest BCUT2D eigenvalue weighted by Crippen LogP contribution is -2.41. The number of amides is 2. The van der Waals surface area contributed by atoms with E-state index in [9.17, 15) is 9.59 Å². The highest BCUT2D eigenvalue weighted by Crippen LogP contribution is 1.90. The van der Waals surface area contributed by atoms with E-state index in [4.69, 9.17) is 0 Å². The molecule has 0 atom stereocenters. The van der Waals surface area contributed by atoms with Crippen molar-refractivity contribution in [1.82, 2.24) is 10.4 Å². The lowest BCUT2D eigenvalue weighted by atomic mass is 10.3. The summed E-state index contributed by atoms with van der Waals surface area (Å²) in [6, 6.07) is 0. The summed E-state index contributed by atoms with van der Waals surface area (Å²) >= 11 is 0. The van der Waals surface area contributed by atoms with Crippen molar-refractivity contribution in [2.24, 2.45) is 0 Å². The Morgan fingerprint density at radius 3 is 2.36 bits per heavy atom. The van der Waals surface area contributed by atoms with Crippen molar-refractivity contribution in [3.63, 3.8) is 0 Å². The molecule has 0 aliphatic rings. The molecule has 0 aliphatic heterocycles. The minimum atomic E-state index is -0.225. The number of nitrogens with zero attached hydrogens (tertiary/aromatic N) is 1. The van der Waals surface area contributed by atoms with Crippen molar-refractivity contribution >= 4 is 11.8 Å². The summed E-state index contributed by atoms with van der Waals surface area (Å²) in [5.74, 6) is -0.292. The second-order valence-corrected chi connectivity index (χ2v) is 2.37. The van der Waals surface area contributed by atoms with Gasteiger partial charge in [0.1, 0.15) is 0 Å². The van der Waals surface area contributed by atoms with Crippen LogP contribution in [0.25, 0.3) is 0 Å². The first-order valence-corrected chi connectivity index (χ1v) is 3.61. The van der Waals surface area contributed by atoms with E-state index in [1.165, 1.54) is 11.9 Å². The van der Waals surface area contributed by atoms with Gasteiger partial charge in [0.25, 0.3) is 0 Å². The van der Waals surface area contributed by atoms with Crippen LogP contribution in [0.5, 0.6) is 0 Å². The largest absolute Gasteiger partial charge is 0.274 e. The summed E-state index contributed by atoms with van der Waals surface area (Å²) in [5, 5.41) is 1.21. The van der Waals surface area contributed by atoms with Gasteiger partial charge in [-0.2, -0.15) is 0 Å². The number of hydrogen-bond donors (Lipinski definition) is 1. The predicted octanol–water partition coefficient (Wildman–Crippen LogP) is 0.296. The van der Waals surface area contributed by atoms with Crippen LogP contribution < -0.4 is 5.43 Å². The Balaban J connectivity index is 3.73. The number of carbonyl (C=O) groups excluding carboxylic acids is 2. The van der Waals surface area contributed by atoms with Gasteiger partial charge >= 0.3 is 0 Å². The third-order valence-corrected chi connectivity index (χ3v) is 1.16. The molecule has 0 unspecified atom stereocenters. The molecule has 0 aromatic rings. The Kier molecular flexibility index (Phi) is 4.26. The normalized spacial score (nSPS) is 9.00. The molecular weight excluding hydrogens is 144 g/mol. The average Bonchev–Trinajstić information content (AvgIpc) is 1.86. The van der Waals surface area contributed by atoms with Crippen LogP contribution in [-0.4, -0.2) is 23.9 Å². The minimum Gasteiger partial charge on any atom is -0.274 e. The highest BCUT2D eigenvalue weighted by Gasteiger charge is 2.06. The monoisotopic (exact) mass is 158 g/mol. The molecule has 0 rings (SSSR count). The Labute approximate surface area is 66.5 Å². The zero-order valence-electron chi connectivity index (χ0n) is 7.18. The Bertz CT molecular complexity index is 157. The molecule has 0 spiro atoms. The summed E-state index contributed by atoms with van der Waals surface area (Å²) < 4.78 is 0. The van der Waals surface area contributed by atoms with Crippen LogP contribution in [-0.2, 0) is 9.59 Å². The van der Waals surface area contributed by atoms with E-state index in [0.717, 1.165) is 6.42 Å². The fourth-order valence-corrected chi connectivity index (χ4v) is 0.680. The van der Waals surface area contributed by atoms with Crippen molar-refractivity contribution in [3.05, 3.63) is 0 Å². The van der Waals surface area contributed by atoms with Crippen molar-refractivity contribution < 1.29 is 9.59 Å². The minimum absolute atomic E-state index is 0.0669. The van der Waals surface area contributed by atoms with Crippen LogP contribution in [0.2, 0.25) is 0 Å². The molecule has 0 saturated carbocycles. The van der Waals surface area contributed by atoms with E-state index in [0.29, 0.717) is 6.42 Å². The topological polar surface area (TPSA) is 49.4 Å². The molecule has 0 aromatic carbocycles. The maximum atomic E-state index is 11.0. The van der Waals surface area contributed by atoms with Crippen LogP contribution in [0.4, 0.5) is 0 Å². The molecule has 0 radical (unpaired) electrons. The van der Waals surface area contributed by atoms with Gasteiger partial charge in [0.2, 0.25) is 11.8 Å². The summed E-state index contributed by atoms with van der Waals surface area (Å²) in [7, 11) is 1.54. The number of nitrogens with one attached hydrogen (secondary N) is 1. The first kappa shape index (κ1) is 9.94. The highest BCUT2D eigenvalue weighted by atomic mass is 16.2. The van der Waals surface area contributed by atoms with E-state index < -0.39 is 0 Å². The standard InChI is InChI=1S/C7H14N2O2/c1-4-5-7(11)9(3)8-6(2)10/h4-5H2,1-3H3,(H,8,10). The molecule has 0 bridgehead atoms. The maximum absolute atomic E-state index is 11.0. The van der Waals surface area contributed by atoms with Crippen LogP contribution in [0.3, 0.4) is 0 Å². The molecule has 0 aromatic heterocycles. The van der Waals surface area contributed by atoms with Gasteiger partial charge < -0.3 is 0 Å². The fourth-order valence-electron chi connectivity index (χ4n) is 0.680. The van der Waals surface area contributed by atoms with E-state index in [1.54, 1.807) is 7.05 Å². The Morgan fingerprint density at radius 2 is 2.00 bits per heavy atom. The third-order valence-electron chi connectivity index (χ3n) is 1.16. The third kappa shape index (κ3) is 4.36. The van der Waals surface area contributed by atoms with E-state index in [2.05, 4.69) is 5.43 Å². The summed E-state index contributed by atoms with van der Waals surface area (Å²) in [5.41, 5.74) is 2.37. The SMILES string of the molecule is CCCC(=O)N(C)NC(C)=O. The van der Waals surface area contributed by atoms with Gasteiger partial charge in [-0.1, -0.05) is 6.92 Å². The molecule has 0 saturated heterocycles. The summed E-state index contributed by atoms with van der Waals surface area (Å²) in [4.78, 5) is 21.4. The second-order valence-electron chi connectivity index (χ2n) is 2.37. The Morgan fingerprint density at radius 1 is 1.45 bits per heavy atom. The number of hydrogen-bond acceptors (Lipinski definition) is 2. The second kappa shape index (κ2) is 4.71. The number of hydrazine groups is 1. The molecule has 4 nitrogen and oxygen atoms in total. The van der Waals surface area contributed by atoms with Gasteiger partial charge in [-0.3, -0.25) is 20.0 Å². The zero-order valence-corrected chi connectivity index (χ0v) is 7.18. The van der Waals surface area contributed by atoms with E-state index in [-0.39, 0.29) is 11.8 Å². The van der Waals surface area contributed by atoms with Gasteiger partial charge in [-0.15, -0.1) is 0 Å². The number of rotatable bonds is 2. The zero-order chi connectivity index (χ0) is 8.85. The van der Waals surface area contributed by atoms with E-state index >= 15 is 0 Å². The van der Waals surface area contributed by atoms with Gasteiger partial charge in [-0.05, 0) is 6.42 Å². The molecule has 1 N–H and O–H groups in total. The molecular formula is C7H14N2O2. The van der Waals surface area contributed by atoms with Crippen molar-refractivity contribution in [2.75, 3.05) is 7.05 Å². The average molecular weight is 158 g/mol. The van der Waals surface area contributed by atoms with Crippen LogP contribution in [0.15, 0.2) is 0 Å². The molecule has 0 heterocycles. The van der Waals surface area contributed by atoms with Gasteiger partial charge in [0, 0.05) is 20.4 Å². The van der Waals surface area contributed by atoms with Gasteiger partial charge in [0.05, 0.1) is 0 Å². The first-order valence-electron chi connectivity index (χ1n) is 3.61. The Hall–Kier alpha value is -1.06. The summed E-state index contributed by atoms with van der Waals surface area (Å²) in [6.07, 6.45) is 1.26. The van der Waals surface area contributed by atoms with Crippen LogP contribution >= 0.6 is 0 Å². The quantitative estimate of drug-likeness (QED) is 0.587. The molecule has 0 aliphatic carbocycles. The van der Waals surface area contributed by atoms with Crippen molar-refractivity contribution in [3.8, 4) is 0 Å². The van der Waals surface area contributed by atoms with Crippen molar-refractivity contribution in [2.45, 2.75) is 26.7 Å². The summed E-state index contributed by atoms with van der Waals surface area (Å²) in [6.45, 7) is 3.29. The number of carbonyl (C=O) groups is 2. The predicted molar refractivity (Wildman–Crippen MR) is 41.5 cm³/mol. The van der Waals surface area contributed by atoms with Crippen molar-refractivity contribution in [1.29, 1.82) is 0 Å². The lowest BCUT2D eigenvalue weighted by molar-refractivity contribution is -0.138. The van der Waals surface area contributed by atoms with Gasteiger partial charge in [0.15, 0.2) is 0 Å². The first-order chi connectivity index (χ1) is 5.07. The molecule has 0 fully saturated rings. The van der Waals surface area contributed by atoms with Crippen LogP contribution in [0, 0.1) is 0 Å². The maximum Gasteiger partial charge on any atom is 0.240 e. The van der Waals surface area contributed by atoms with Gasteiger partial charge in [-0.25, -0.2) is 0 Å². The highest BCUT2D eigenvalue weighted by molar-refractivity contribution is 5.80. The fraction of sp³-hybridized carbons (Fsp3) is 0.714. The lowest BCUT2D eigenvalue weighted by Gasteiger charge is -2.16. The van der Waals surface area contributed by atoms with E-state index in [1.807, 2.05) is 6.92 Å². The molecule has 4 heteroatoms. The molecule has 2 amide bonds.